The first-order valence-corrected chi connectivity index (χ1v) is 13.6. The Kier molecular flexibility index (Phi) is 8.29. The van der Waals surface area contributed by atoms with Crippen molar-refractivity contribution in [2.45, 2.75) is 39.3 Å². The minimum absolute atomic E-state index is 0.610. The van der Waals surface area contributed by atoms with Crippen molar-refractivity contribution in [2.75, 3.05) is 33.0 Å². The van der Waals surface area contributed by atoms with Crippen LogP contribution in [0.1, 0.15) is 0 Å². The number of hydrogen-bond donors (Lipinski definition) is 0. The molecule has 108 valence electrons. The van der Waals surface area contributed by atoms with Gasteiger partial charge in [0.1, 0.15) is 16.5 Å². The summed E-state index contributed by atoms with van der Waals surface area (Å²) in [4.78, 5) is 0. The predicted octanol–water partition coefficient (Wildman–Crippen LogP) is 3.18. The third kappa shape index (κ3) is 8.21. The van der Waals surface area contributed by atoms with Gasteiger partial charge in [-0.3, -0.25) is 0 Å². The normalized spacial score (nSPS) is 13.1. The molecule has 0 aliphatic heterocycles. The summed E-state index contributed by atoms with van der Waals surface area (Å²) in [6.45, 7) is 21.9. The Morgan fingerprint density at radius 3 is 1.83 bits per heavy atom. The first-order valence-electron chi connectivity index (χ1n) is 6.73. The van der Waals surface area contributed by atoms with Crippen LogP contribution in [0.5, 0.6) is 0 Å². The maximum atomic E-state index is 5.64. The van der Waals surface area contributed by atoms with E-state index in [-0.39, 0.29) is 0 Å². The zero-order chi connectivity index (χ0) is 14.2. The molecule has 0 saturated heterocycles. The molecule has 5 heteroatoms. The Bertz CT molecular complexity index is 220. The van der Waals surface area contributed by atoms with Crippen molar-refractivity contribution in [1.29, 1.82) is 0 Å². The first kappa shape index (κ1) is 18.1. The number of ether oxygens (including phenoxy) is 2. The summed E-state index contributed by atoms with van der Waals surface area (Å²) < 4.78 is 13.7. The lowest BCUT2D eigenvalue weighted by Crippen LogP contribution is -2.59. The third-order valence-electron chi connectivity index (χ3n) is 2.69. The first-order chi connectivity index (χ1) is 8.19. The SMILES string of the molecule is C=CCOCCOCCN([Si](C)(C)C)[Si](C)(C)C. The smallest absolute Gasteiger partial charge is 0.112 e. The average Bonchev–Trinajstić information content (AvgIpc) is 2.18. The van der Waals surface area contributed by atoms with Crippen molar-refractivity contribution in [2.24, 2.45) is 0 Å². The monoisotopic (exact) mass is 289 g/mol. The average molecular weight is 290 g/mol. The van der Waals surface area contributed by atoms with Crippen molar-refractivity contribution in [3.05, 3.63) is 12.7 Å². The molecule has 0 aromatic rings. The zero-order valence-electron chi connectivity index (χ0n) is 13.1. The van der Waals surface area contributed by atoms with Gasteiger partial charge in [0.25, 0.3) is 0 Å². The molecule has 0 heterocycles. The standard InChI is InChI=1S/C13H31NO2Si2/c1-8-10-15-12-13-16-11-9-14(17(2,3)4)18(5,6)7/h8H,1,9-13H2,2-7H3. The molecule has 0 bridgehead atoms. The molecule has 0 aromatic carbocycles. The van der Waals surface area contributed by atoms with Crippen molar-refractivity contribution in [3.63, 3.8) is 0 Å². The molecule has 0 fully saturated rings. The number of nitrogens with zero attached hydrogens (tertiary/aromatic N) is 1. The van der Waals surface area contributed by atoms with Crippen LogP contribution < -0.4 is 0 Å². The lowest BCUT2D eigenvalue weighted by atomic mass is 10.6. The van der Waals surface area contributed by atoms with Crippen LogP contribution in [0.4, 0.5) is 0 Å². The van der Waals surface area contributed by atoms with E-state index in [0.717, 1.165) is 13.2 Å². The van der Waals surface area contributed by atoms with Crippen LogP contribution in [0.25, 0.3) is 0 Å². The van der Waals surface area contributed by atoms with Gasteiger partial charge in [-0.1, -0.05) is 45.4 Å². The molecule has 0 amide bonds. The molecule has 3 nitrogen and oxygen atoms in total. The van der Waals surface area contributed by atoms with Gasteiger partial charge in [0.15, 0.2) is 0 Å². The van der Waals surface area contributed by atoms with Crippen LogP contribution in [0.2, 0.25) is 39.3 Å². The topological polar surface area (TPSA) is 21.7 Å². The van der Waals surface area contributed by atoms with Gasteiger partial charge in [0.05, 0.1) is 26.4 Å². The van der Waals surface area contributed by atoms with Crippen LogP contribution >= 0.6 is 0 Å². The molecule has 18 heavy (non-hydrogen) atoms. The molecule has 0 spiro atoms. The van der Waals surface area contributed by atoms with Crippen molar-refractivity contribution >= 4 is 16.5 Å². The van der Waals surface area contributed by atoms with Gasteiger partial charge in [-0.15, -0.1) is 6.58 Å². The van der Waals surface area contributed by atoms with Crippen LogP contribution in [-0.2, 0) is 9.47 Å². The minimum Gasteiger partial charge on any atom is -0.378 e. The Hall–Kier alpha value is 0.0538. The van der Waals surface area contributed by atoms with E-state index in [0.29, 0.717) is 19.8 Å². The fraction of sp³-hybridized carbons (Fsp3) is 0.846. The van der Waals surface area contributed by atoms with Gasteiger partial charge in [0.2, 0.25) is 0 Å². The molecule has 0 aromatic heterocycles. The fourth-order valence-corrected chi connectivity index (χ4v) is 11.8. The van der Waals surface area contributed by atoms with Gasteiger partial charge in [-0.25, -0.2) is 0 Å². The largest absolute Gasteiger partial charge is 0.378 e. The molecular formula is C13H31NO2Si2. The summed E-state index contributed by atoms with van der Waals surface area (Å²) in [5.74, 6) is 0. The van der Waals surface area contributed by atoms with Crippen molar-refractivity contribution < 1.29 is 9.47 Å². The second-order valence-electron chi connectivity index (χ2n) is 6.47. The summed E-state index contributed by atoms with van der Waals surface area (Å²) in [5, 5.41) is 0. The lowest BCUT2D eigenvalue weighted by Gasteiger charge is -2.43. The highest BCUT2D eigenvalue weighted by atomic mass is 28.4. The van der Waals surface area contributed by atoms with Crippen molar-refractivity contribution in [3.8, 4) is 0 Å². The van der Waals surface area contributed by atoms with E-state index in [1.165, 1.54) is 0 Å². The van der Waals surface area contributed by atoms with Gasteiger partial charge in [0, 0.05) is 6.54 Å². The van der Waals surface area contributed by atoms with E-state index in [1.54, 1.807) is 6.08 Å². The van der Waals surface area contributed by atoms with E-state index >= 15 is 0 Å². The maximum absolute atomic E-state index is 5.64. The molecule has 0 unspecified atom stereocenters. The third-order valence-corrected chi connectivity index (χ3v) is 10.4. The zero-order valence-corrected chi connectivity index (χ0v) is 15.1. The van der Waals surface area contributed by atoms with Crippen LogP contribution in [-0.4, -0.2) is 53.7 Å². The highest BCUT2D eigenvalue weighted by molar-refractivity contribution is 6.89. The van der Waals surface area contributed by atoms with Crippen LogP contribution in [0.15, 0.2) is 12.7 Å². The van der Waals surface area contributed by atoms with Gasteiger partial charge < -0.3 is 13.7 Å². The second-order valence-corrected chi connectivity index (χ2v) is 16.7. The highest BCUT2D eigenvalue weighted by Crippen LogP contribution is 2.18. The number of hydrogen-bond acceptors (Lipinski definition) is 3. The van der Waals surface area contributed by atoms with E-state index in [1.807, 2.05) is 0 Å². The summed E-state index contributed by atoms with van der Waals surface area (Å²) in [6, 6.07) is 0. The van der Waals surface area contributed by atoms with Gasteiger partial charge in [-0.05, 0) is 0 Å². The summed E-state index contributed by atoms with van der Waals surface area (Å²) in [7, 11) is -2.47. The van der Waals surface area contributed by atoms with Crippen molar-refractivity contribution in [1.82, 2.24) is 4.23 Å². The Labute approximate surface area is 115 Å². The maximum Gasteiger partial charge on any atom is 0.112 e. The summed E-state index contributed by atoms with van der Waals surface area (Å²) >= 11 is 0. The molecule has 0 aliphatic carbocycles. The second kappa shape index (κ2) is 8.27. The molecule has 0 atom stereocenters. The Morgan fingerprint density at radius 2 is 1.39 bits per heavy atom. The van der Waals surface area contributed by atoms with E-state index < -0.39 is 16.5 Å². The number of rotatable bonds is 10. The quantitative estimate of drug-likeness (QED) is 0.350. The molecular weight excluding hydrogens is 258 g/mol. The molecule has 0 aliphatic rings. The van der Waals surface area contributed by atoms with Crippen LogP contribution in [0, 0.1) is 0 Å². The highest BCUT2D eigenvalue weighted by Gasteiger charge is 2.33. The lowest BCUT2D eigenvalue weighted by molar-refractivity contribution is 0.0572. The molecule has 0 rings (SSSR count). The Morgan fingerprint density at radius 1 is 0.889 bits per heavy atom. The Balaban J connectivity index is 3.89. The summed E-state index contributed by atoms with van der Waals surface area (Å²) in [5.41, 5.74) is 0. The van der Waals surface area contributed by atoms with Gasteiger partial charge in [-0.2, -0.15) is 0 Å². The van der Waals surface area contributed by atoms with E-state index in [9.17, 15) is 0 Å². The fourth-order valence-electron chi connectivity index (χ4n) is 2.22. The summed E-state index contributed by atoms with van der Waals surface area (Å²) in [6.07, 6.45) is 1.76. The molecule has 0 saturated carbocycles. The van der Waals surface area contributed by atoms with E-state index in [4.69, 9.17) is 9.47 Å². The van der Waals surface area contributed by atoms with Crippen LogP contribution in [0.3, 0.4) is 0 Å². The molecule has 0 N–H and O–H groups in total. The molecule has 0 radical (unpaired) electrons. The van der Waals surface area contributed by atoms with E-state index in [2.05, 4.69) is 50.1 Å². The predicted molar refractivity (Wildman–Crippen MR) is 85.2 cm³/mol. The minimum atomic E-state index is -1.23. The van der Waals surface area contributed by atoms with Gasteiger partial charge >= 0.3 is 0 Å².